The van der Waals surface area contributed by atoms with Crippen LogP contribution in [0.4, 0.5) is 0 Å². The number of carboxylic acid groups (broad SMARTS) is 1. The van der Waals surface area contributed by atoms with E-state index in [2.05, 4.69) is 104 Å². The Morgan fingerprint density at radius 3 is 1.44 bits per heavy atom. The third-order valence-corrected chi connectivity index (χ3v) is 13.1. The summed E-state index contributed by atoms with van der Waals surface area (Å²) in [6.07, 6.45) is 3.22. The molecule has 3 saturated heterocycles. The fourth-order valence-corrected chi connectivity index (χ4v) is 8.32. The lowest BCUT2D eigenvalue weighted by Crippen LogP contribution is -2.55. The molecule has 6 atom stereocenters. The van der Waals surface area contributed by atoms with Crippen molar-refractivity contribution >= 4 is 5.97 Å². The van der Waals surface area contributed by atoms with Gasteiger partial charge >= 0.3 is 5.97 Å². The molecule has 3 aliphatic heterocycles. The van der Waals surface area contributed by atoms with Crippen LogP contribution in [0.25, 0.3) is 0 Å². The number of carbonyl (C=O) groups is 1. The molecule has 3 heterocycles. The van der Waals surface area contributed by atoms with Gasteiger partial charge in [0.2, 0.25) is 0 Å². The van der Waals surface area contributed by atoms with Gasteiger partial charge in [0.1, 0.15) is 0 Å². The van der Waals surface area contributed by atoms with Gasteiger partial charge in [0.05, 0.1) is 5.56 Å². The Hall–Kier alpha value is -1.43. The molecule has 1 aromatic rings. The van der Waals surface area contributed by atoms with Gasteiger partial charge in [-0.3, -0.25) is 0 Å². The molecule has 5 heteroatoms. The first-order valence-corrected chi connectivity index (χ1v) is 15.5. The maximum Gasteiger partial charge on any atom is 0.335 e. The summed E-state index contributed by atoms with van der Waals surface area (Å²) in [5.41, 5.74) is 4.73. The molecule has 0 spiro atoms. The molecule has 39 heavy (non-hydrogen) atoms. The molecular formula is C34H57N3O2. The molecule has 0 amide bonds. The minimum atomic E-state index is -0.765. The van der Waals surface area contributed by atoms with Crippen molar-refractivity contribution in [3.63, 3.8) is 0 Å². The summed E-state index contributed by atoms with van der Waals surface area (Å²) in [5.74, 6) is 1.49. The second kappa shape index (κ2) is 10.4. The normalized spacial score (nSPS) is 35.6. The van der Waals surface area contributed by atoms with Gasteiger partial charge < -0.3 is 19.8 Å². The van der Waals surface area contributed by atoms with E-state index < -0.39 is 5.97 Å². The second-order valence-corrected chi connectivity index (χ2v) is 15.1. The number of carboxylic acids is 1. The van der Waals surface area contributed by atoms with Crippen molar-refractivity contribution in [3.8, 4) is 0 Å². The molecule has 0 aliphatic carbocycles. The summed E-state index contributed by atoms with van der Waals surface area (Å²) in [4.78, 5) is 20.5. The average molecular weight is 540 g/mol. The van der Waals surface area contributed by atoms with Gasteiger partial charge in [-0.05, 0) is 160 Å². The lowest BCUT2D eigenvalue weighted by Gasteiger charge is -2.53. The van der Waals surface area contributed by atoms with Crippen LogP contribution in [-0.2, 0) is 0 Å². The van der Waals surface area contributed by atoms with E-state index in [1.165, 1.54) is 16.7 Å². The number of hydrogen-bond donors (Lipinski definition) is 1. The van der Waals surface area contributed by atoms with Crippen LogP contribution < -0.4 is 0 Å². The van der Waals surface area contributed by atoms with E-state index in [-0.39, 0.29) is 22.5 Å². The Bertz CT molecular complexity index is 1080. The van der Waals surface area contributed by atoms with Gasteiger partial charge in [-0.1, -0.05) is 26.8 Å². The molecule has 1 N–H and O–H groups in total. The molecule has 220 valence electrons. The Morgan fingerprint density at radius 1 is 0.667 bits per heavy atom. The zero-order valence-corrected chi connectivity index (χ0v) is 27.1. The maximum absolute atomic E-state index is 13.0. The summed E-state index contributed by atoms with van der Waals surface area (Å²) in [6.45, 7) is 24.6. The van der Waals surface area contributed by atoms with Gasteiger partial charge in [-0.15, -0.1) is 0 Å². The zero-order valence-electron chi connectivity index (χ0n) is 27.1. The molecule has 5 nitrogen and oxygen atoms in total. The van der Waals surface area contributed by atoms with E-state index in [0.717, 1.165) is 38.9 Å². The zero-order chi connectivity index (χ0) is 29.2. The number of benzene rings is 1. The van der Waals surface area contributed by atoms with Gasteiger partial charge in [0.15, 0.2) is 0 Å². The molecule has 3 fully saturated rings. The van der Waals surface area contributed by atoms with E-state index >= 15 is 0 Å². The molecule has 0 radical (unpaired) electrons. The van der Waals surface area contributed by atoms with Crippen molar-refractivity contribution in [2.24, 2.45) is 17.8 Å². The minimum Gasteiger partial charge on any atom is -0.478 e. The lowest BCUT2D eigenvalue weighted by molar-refractivity contribution is 0.0283. The van der Waals surface area contributed by atoms with E-state index in [9.17, 15) is 9.90 Å². The molecule has 3 aliphatic rings. The van der Waals surface area contributed by atoms with Crippen LogP contribution in [0.3, 0.4) is 0 Å². The van der Waals surface area contributed by atoms with Crippen LogP contribution in [0.1, 0.15) is 126 Å². The van der Waals surface area contributed by atoms with Crippen molar-refractivity contribution in [2.75, 3.05) is 40.8 Å². The number of aromatic carboxylic acids is 1. The number of rotatable bonds is 4. The van der Waals surface area contributed by atoms with Crippen LogP contribution in [0.15, 0.2) is 12.1 Å². The highest BCUT2D eigenvalue weighted by Crippen LogP contribution is 2.53. The van der Waals surface area contributed by atoms with Crippen molar-refractivity contribution in [1.82, 2.24) is 14.7 Å². The Kier molecular flexibility index (Phi) is 8.17. The predicted octanol–water partition coefficient (Wildman–Crippen LogP) is 6.89. The second-order valence-electron chi connectivity index (χ2n) is 15.1. The topological polar surface area (TPSA) is 47.0 Å². The molecule has 0 bridgehead atoms. The highest BCUT2D eigenvalue weighted by atomic mass is 16.4. The van der Waals surface area contributed by atoms with Crippen molar-refractivity contribution < 1.29 is 9.90 Å². The van der Waals surface area contributed by atoms with Crippen LogP contribution in [-0.4, -0.2) is 83.2 Å². The van der Waals surface area contributed by atoms with Gasteiger partial charge in [-0.2, -0.15) is 0 Å². The number of piperidine rings is 3. The smallest absolute Gasteiger partial charge is 0.335 e. The van der Waals surface area contributed by atoms with E-state index in [1.54, 1.807) is 0 Å². The van der Waals surface area contributed by atoms with Crippen LogP contribution in [0, 0.1) is 17.8 Å². The summed E-state index contributed by atoms with van der Waals surface area (Å²) in [5, 5.41) is 10.6. The highest BCUT2D eigenvalue weighted by Gasteiger charge is 2.48. The fourth-order valence-electron chi connectivity index (χ4n) is 8.32. The molecule has 0 saturated carbocycles. The van der Waals surface area contributed by atoms with Gasteiger partial charge in [0, 0.05) is 16.6 Å². The SMILES string of the molecule is CC1C(c2ccc(C(=O)O)c(C3CCN(C)C(C)(C)C3C)c2C2CCN(C)C(C)(C)C2C)CCN(C)C1(C)C. The van der Waals surface area contributed by atoms with Crippen molar-refractivity contribution in [1.29, 1.82) is 0 Å². The van der Waals surface area contributed by atoms with Crippen LogP contribution in [0.5, 0.6) is 0 Å². The first-order chi connectivity index (χ1) is 18.0. The highest BCUT2D eigenvalue weighted by molar-refractivity contribution is 5.90. The Balaban J connectivity index is 2.00. The quantitative estimate of drug-likeness (QED) is 0.452. The van der Waals surface area contributed by atoms with Crippen molar-refractivity contribution in [2.45, 2.75) is 116 Å². The third kappa shape index (κ3) is 4.89. The summed E-state index contributed by atoms with van der Waals surface area (Å²) in [7, 11) is 6.74. The largest absolute Gasteiger partial charge is 0.478 e. The molecule has 4 rings (SSSR count). The first kappa shape index (κ1) is 30.5. The van der Waals surface area contributed by atoms with Crippen molar-refractivity contribution in [3.05, 3.63) is 34.4 Å². The summed E-state index contributed by atoms with van der Waals surface area (Å²) >= 11 is 0. The van der Waals surface area contributed by atoms with E-state index in [0.29, 0.717) is 35.2 Å². The van der Waals surface area contributed by atoms with Crippen LogP contribution >= 0.6 is 0 Å². The lowest BCUT2D eigenvalue weighted by atomic mass is 9.61. The molecular weight excluding hydrogens is 482 g/mol. The first-order valence-electron chi connectivity index (χ1n) is 15.5. The Morgan fingerprint density at radius 2 is 1.03 bits per heavy atom. The molecule has 1 aromatic carbocycles. The number of hydrogen-bond acceptors (Lipinski definition) is 4. The number of nitrogens with zero attached hydrogens (tertiary/aromatic N) is 3. The fraction of sp³-hybridized carbons (Fsp3) is 0.794. The number of likely N-dealkylation sites (tertiary alicyclic amines) is 3. The Labute approximate surface area is 239 Å². The molecule has 0 aromatic heterocycles. The molecule has 6 unspecified atom stereocenters. The minimum absolute atomic E-state index is 0.00642. The summed E-state index contributed by atoms with van der Waals surface area (Å²) in [6, 6.07) is 4.23. The van der Waals surface area contributed by atoms with Gasteiger partial charge in [0.25, 0.3) is 0 Å². The van der Waals surface area contributed by atoms with Crippen LogP contribution in [0.2, 0.25) is 0 Å². The summed E-state index contributed by atoms with van der Waals surface area (Å²) < 4.78 is 0. The van der Waals surface area contributed by atoms with E-state index in [4.69, 9.17) is 0 Å². The van der Waals surface area contributed by atoms with E-state index in [1.807, 2.05) is 6.07 Å². The predicted molar refractivity (Wildman–Crippen MR) is 163 cm³/mol. The average Bonchev–Trinajstić information content (AvgIpc) is 2.85. The third-order valence-electron chi connectivity index (χ3n) is 13.1. The van der Waals surface area contributed by atoms with Gasteiger partial charge in [-0.25, -0.2) is 4.79 Å². The standard InChI is InChI=1S/C34H57N3O2/c1-21-24(15-18-35(10)32(21,4)5)27-13-14-28(31(38)39)30(26-17-20-37(12)34(8,9)23(26)3)29(27)25-16-19-36(11)33(6,7)22(25)2/h13-14,21-26H,15-20H2,1-12H3,(H,38,39). The maximum atomic E-state index is 13.0. The monoisotopic (exact) mass is 539 g/mol.